The van der Waals surface area contributed by atoms with Crippen molar-refractivity contribution < 1.29 is 14.6 Å². The monoisotopic (exact) mass is 301 g/mol. The van der Waals surface area contributed by atoms with Crippen LogP contribution in [-0.2, 0) is 9.47 Å². The third-order valence-corrected chi connectivity index (χ3v) is 3.91. The van der Waals surface area contributed by atoms with Crippen molar-refractivity contribution in [1.82, 2.24) is 9.55 Å². The molecule has 2 fully saturated rings. The Morgan fingerprint density at radius 2 is 2.35 bits per heavy atom. The first-order valence-electron chi connectivity index (χ1n) is 6.50. The highest BCUT2D eigenvalue weighted by molar-refractivity contribution is 6.21. The normalized spacial score (nSPS) is 33.5. The van der Waals surface area contributed by atoms with Gasteiger partial charge < -0.3 is 20.3 Å². The quantitative estimate of drug-likeness (QED) is 0.752. The summed E-state index contributed by atoms with van der Waals surface area (Å²) in [6.07, 6.45) is 1.58. The van der Waals surface area contributed by atoms with Crippen molar-refractivity contribution >= 4 is 17.4 Å². The molecule has 2 aliphatic rings. The minimum Gasteiger partial charge on any atom is -0.389 e. The second kappa shape index (κ2) is 5.33. The van der Waals surface area contributed by atoms with Gasteiger partial charge in [0.05, 0.1) is 12.7 Å². The number of nitrogens with zero attached hydrogens (tertiary/aromatic N) is 2. The van der Waals surface area contributed by atoms with Crippen molar-refractivity contribution in [2.45, 2.75) is 42.8 Å². The molecule has 1 saturated heterocycles. The maximum Gasteiger partial charge on any atom is 0.351 e. The van der Waals surface area contributed by atoms with Gasteiger partial charge in [0, 0.05) is 6.20 Å². The molecule has 110 valence electrons. The van der Waals surface area contributed by atoms with Crippen LogP contribution < -0.4 is 11.4 Å². The summed E-state index contributed by atoms with van der Waals surface area (Å²) in [4.78, 5) is 15.4. The molecule has 1 aromatic rings. The number of nitrogen functional groups attached to an aromatic ring is 1. The third-order valence-electron chi connectivity index (χ3n) is 3.44. The average molecular weight is 302 g/mol. The minimum atomic E-state index is -0.898. The summed E-state index contributed by atoms with van der Waals surface area (Å²) >= 11 is 6.15. The summed E-state index contributed by atoms with van der Waals surface area (Å²) in [5.74, 6) is 0.129. The molecule has 4 atom stereocenters. The summed E-state index contributed by atoms with van der Waals surface area (Å²) in [5.41, 5.74) is 4.88. The molecule has 0 spiro atoms. The van der Waals surface area contributed by atoms with Gasteiger partial charge in [-0.25, -0.2) is 4.79 Å². The van der Waals surface area contributed by atoms with E-state index >= 15 is 0 Å². The molecule has 1 aromatic heterocycles. The summed E-state index contributed by atoms with van der Waals surface area (Å²) < 4.78 is 12.4. The molecule has 1 aliphatic heterocycles. The molecule has 3 N–H and O–H groups in total. The van der Waals surface area contributed by atoms with Gasteiger partial charge in [-0.2, -0.15) is 4.98 Å². The van der Waals surface area contributed by atoms with Gasteiger partial charge in [0.15, 0.2) is 6.23 Å². The second-order valence-electron chi connectivity index (χ2n) is 5.08. The zero-order chi connectivity index (χ0) is 14.3. The van der Waals surface area contributed by atoms with Crippen LogP contribution >= 0.6 is 11.6 Å². The maximum atomic E-state index is 11.8. The number of hydrogen-bond donors (Lipinski definition) is 2. The molecule has 0 aromatic carbocycles. The van der Waals surface area contributed by atoms with Gasteiger partial charge in [0.25, 0.3) is 0 Å². The first-order chi connectivity index (χ1) is 9.56. The molecule has 7 nitrogen and oxygen atoms in total. The highest BCUT2D eigenvalue weighted by Crippen LogP contribution is 2.34. The second-order valence-corrected chi connectivity index (χ2v) is 5.58. The van der Waals surface area contributed by atoms with E-state index in [0.717, 1.165) is 12.8 Å². The lowest BCUT2D eigenvalue weighted by molar-refractivity contribution is -0.0666. The van der Waals surface area contributed by atoms with Crippen molar-refractivity contribution in [3.8, 4) is 0 Å². The number of anilines is 1. The number of alkyl halides is 1. The SMILES string of the molecule is Nc1ccn([C@@H]2O[C@H](COC3CC3)[C@@H](O)[C@H]2Cl)c(=O)n1. The summed E-state index contributed by atoms with van der Waals surface area (Å²) in [7, 11) is 0. The van der Waals surface area contributed by atoms with Crippen molar-refractivity contribution in [3.05, 3.63) is 22.7 Å². The highest BCUT2D eigenvalue weighted by atomic mass is 35.5. The van der Waals surface area contributed by atoms with E-state index in [9.17, 15) is 9.90 Å². The van der Waals surface area contributed by atoms with E-state index in [1.54, 1.807) is 0 Å². The van der Waals surface area contributed by atoms with E-state index < -0.39 is 29.5 Å². The maximum absolute atomic E-state index is 11.8. The van der Waals surface area contributed by atoms with E-state index in [2.05, 4.69) is 4.98 Å². The summed E-state index contributed by atoms with van der Waals surface area (Å²) in [6.45, 7) is 0.267. The molecule has 8 heteroatoms. The number of hydrogen-bond acceptors (Lipinski definition) is 6. The van der Waals surface area contributed by atoms with Crippen LogP contribution in [0.3, 0.4) is 0 Å². The van der Waals surface area contributed by atoms with E-state index in [1.807, 2.05) is 0 Å². The molecular weight excluding hydrogens is 286 g/mol. The zero-order valence-electron chi connectivity index (χ0n) is 10.7. The number of aliphatic hydroxyl groups excluding tert-OH is 1. The molecule has 0 bridgehead atoms. The van der Waals surface area contributed by atoms with E-state index in [1.165, 1.54) is 16.8 Å². The van der Waals surface area contributed by atoms with Crippen LogP contribution in [0.2, 0.25) is 0 Å². The molecule has 2 heterocycles. The molecular formula is C12H16ClN3O4. The third kappa shape index (κ3) is 2.67. The Balaban J connectivity index is 1.74. The fourth-order valence-electron chi connectivity index (χ4n) is 2.15. The Bertz CT molecular complexity index is 548. The molecule has 0 unspecified atom stereocenters. The van der Waals surface area contributed by atoms with E-state index in [-0.39, 0.29) is 18.5 Å². The molecule has 20 heavy (non-hydrogen) atoms. The van der Waals surface area contributed by atoms with Gasteiger partial charge >= 0.3 is 5.69 Å². The number of nitrogens with two attached hydrogens (primary N) is 1. The first kappa shape index (κ1) is 13.8. The van der Waals surface area contributed by atoms with Crippen LogP contribution in [0.15, 0.2) is 17.1 Å². The molecule has 1 aliphatic carbocycles. The van der Waals surface area contributed by atoms with Gasteiger partial charge in [-0.1, -0.05) is 0 Å². The number of aliphatic hydroxyl groups is 1. The average Bonchev–Trinajstić information content (AvgIpc) is 3.19. The number of rotatable bonds is 4. The van der Waals surface area contributed by atoms with Crippen LogP contribution in [0.25, 0.3) is 0 Å². The lowest BCUT2D eigenvalue weighted by Crippen LogP contribution is -2.33. The van der Waals surface area contributed by atoms with Crippen LogP contribution in [0.1, 0.15) is 19.1 Å². The Morgan fingerprint density at radius 3 is 3.00 bits per heavy atom. The van der Waals surface area contributed by atoms with Gasteiger partial charge in [0.2, 0.25) is 0 Å². The van der Waals surface area contributed by atoms with Gasteiger partial charge in [-0.05, 0) is 18.9 Å². The van der Waals surface area contributed by atoms with Crippen LogP contribution in [0.5, 0.6) is 0 Å². The standard InChI is InChI=1S/C12H16ClN3O4/c13-9-10(17)7(5-19-6-1-2-6)20-11(9)16-4-3-8(14)15-12(16)18/h3-4,6-7,9-11,17H,1-2,5H2,(H2,14,15,18)/t7-,9-,10-,11-/m1/s1. The zero-order valence-corrected chi connectivity index (χ0v) is 11.4. The van der Waals surface area contributed by atoms with E-state index in [4.69, 9.17) is 26.8 Å². The lowest BCUT2D eigenvalue weighted by atomic mass is 10.2. The van der Waals surface area contributed by atoms with Crippen LogP contribution in [0.4, 0.5) is 5.82 Å². The molecule has 1 saturated carbocycles. The predicted octanol–water partition coefficient (Wildman–Crippen LogP) is -0.130. The first-order valence-corrected chi connectivity index (χ1v) is 6.94. The van der Waals surface area contributed by atoms with Gasteiger partial charge in [-0.3, -0.25) is 4.57 Å². The predicted molar refractivity (Wildman–Crippen MR) is 71.4 cm³/mol. The van der Waals surface area contributed by atoms with Crippen LogP contribution in [0, 0.1) is 0 Å². The molecule has 3 rings (SSSR count). The van der Waals surface area contributed by atoms with Gasteiger partial charge in [0.1, 0.15) is 23.4 Å². The Labute approximate surface area is 120 Å². The van der Waals surface area contributed by atoms with Crippen molar-refractivity contribution in [2.24, 2.45) is 0 Å². The Kier molecular flexibility index (Phi) is 3.68. The largest absolute Gasteiger partial charge is 0.389 e. The fourth-order valence-corrected chi connectivity index (χ4v) is 2.49. The van der Waals surface area contributed by atoms with Gasteiger partial charge in [-0.15, -0.1) is 11.6 Å². The Morgan fingerprint density at radius 1 is 1.60 bits per heavy atom. The van der Waals surface area contributed by atoms with E-state index in [0.29, 0.717) is 0 Å². The van der Waals surface area contributed by atoms with Crippen molar-refractivity contribution in [2.75, 3.05) is 12.3 Å². The smallest absolute Gasteiger partial charge is 0.351 e. The summed E-state index contributed by atoms with van der Waals surface area (Å²) in [6, 6.07) is 1.48. The summed E-state index contributed by atoms with van der Waals surface area (Å²) in [5, 5.41) is 9.33. The highest BCUT2D eigenvalue weighted by Gasteiger charge is 2.44. The number of ether oxygens (including phenoxy) is 2. The lowest BCUT2D eigenvalue weighted by Gasteiger charge is -2.16. The molecule has 0 radical (unpaired) electrons. The van der Waals surface area contributed by atoms with Crippen molar-refractivity contribution in [1.29, 1.82) is 0 Å². The van der Waals surface area contributed by atoms with Crippen molar-refractivity contribution in [3.63, 3.8) is 0 Å². The number of halogens is 1. The van der Waals surface area contributed by atoms with Crippen LogP contribution in [-0.4, -0.2) is 45.0 Å². The topological polar surface area (TPSA) is 99.6 Å². The minimum absolute atomic E-state index is 0.129. The fraction of sp³-hybridized carbons (Fsp3) is 0.667. The Hall–Kier alpha value is -1.15. The number of aromatic nitrogens is 2. The molecule has 0 amide bonds.